The summed E-state index contributed by atoms with van der Waals surface area (Å²) in [6.07, 6.45) is 10.5. The lowest BCUT2D eigenvalue weighted by Crippen LogP contribution is -2.23. The molecule has 0 heterocycles. The van der Waals surface area contributed by atoms with Crippen LogP contribution in [0.25, 0.3) is 0 Å². The molecule has 0 N–H and O–H groups in total. The van der Waals surface area contributed by atoms with E-state index in [1.54, 1.807) is 0 Å². The first-order valence-corrected chi connectivity index (χ1v) is 6.22. The summed E-state index contributed by atoms with van der Waals surface area (Å²) >= 11 is 0. The Bertz CT molecular complexity index is 178. The van der Waals surface area contributed by atoms with Gasteiger partial charge < -0.3 is 0 Å². The van der Waals surface area contributed by atoms with Gasteiger partial charge in [-0.1, -0.05) is 46.0 Å². The van der Waals surface area contributed by atoms with Crippen LogP contribution in [0.5, 0.6) is 0 Å². The van der Waals surface area contributed by atoms with Gasteiger partial charge in [0.2, 0.25) is 0 Å². The predicted molar refractivity (Wildman–Crippen MR) is 60.3 cm³/mol. The van der Waals surface area contributed by atoms with Crippen molar-refractivity contribution in [2.45, 2.75) is 71.6 Å². The molecule has 1 rings (SSSR count). The maximum atomic E-state index is 11.9. The van der Waals surface area contributed by atoms with Crippen LogP contribution >= 0.6 is 0 Å². The summed E-state index contributed by atoms with van der Waals surface area (Å²) in [5, 5.41) is 0. The van der Waals surface area contributed by atoms with Gasteiger partial charge >= 0.3 is 0 Å². The number of hydrogen-bond donors (Lipinski definition) is 0. The summed E-state index contributed by atoms with van der Waals surface area (Å²) < 4.78 is 0. The molecule has 0 unspecified atom stereocenters. The van der Waals surface area contributed by atoms with Crippen LogP contribution in [0, 0.1) is 5.41 Å². The predicted octanol–water partition coefficient (Wildman–Crippen LogP) is 4.11. The Hall–Kier alpha value is -0.330. The van der Waals surface area contributed by atoms with Crippen molar-refractivity contribution >= 4 is 5.78 Å². The smallest absolute Gasteiger partial charge is 0.138 e. The Balaban J connectivity index is 2.20. The molecule has 0 aromatic heterocycles. The lowest BCUT2D eigenvalue weighted by Gasteiger charge is -2.21. The second-order valence-corrected chi connectivity index (χ2v) is 5.00. The van der Waals surface area contributed by atoms with E-state index in [0.29, 0.717) is 5.78 Å². The van der Waals surface area contributed by atoms with Crippen LogP contribution < -0.4 is 0 Å². The second-order valence-electron chi connectivity index (χ2n) is 5.00. The van der Waals surface area contributed by atoms with Crippen LogP contribution in [0.4, 0.5) is 0 Å². The van der Waals surface area contributed by atoms with Crippen molar-refractivity contribution in [1.82, 2.24) is 0 Å². The molecule has 14 heavy (non-hydrogen) atoms. The Morgan fingerprint density at radius 1 is 1.14 bits per heavy atom. The van der Waals surface area contributed by atoms with Crippen LogP contribution in [0.15, 0.2) is 0 Å². The highest BCUT2D eigenvalue weighted by atomic mass is 16.1. The van der Waals surface area contributed by atoms with Crippen molar-refractivity contribution in [3.05, 3.63) is 0 Å². The van der Waals surface area contributed by atoms with E-state index >= 15 is 0 Å². The average Bonchev–Trinajstić information content (AvgIpc) is 2.61. The van der Waals surface area contributed by atoms with Gasteiger partial charge in [0.1, 0.15) is 5.78 Å². The number of carbonyl (C=O) groups excluding carboxylic acids is 1. The molecule has 1 fully saturated rings. The molecule has 0 bridgehead atoms. The SMILES string of the molecule is CCCCCCC(=O)C1(C)CCCC1. The van der Waals surface area contributed by atoms with Gasteiger partial charge in [-0.2, -0.15) is 0 Å². The van der Waals surface area contributed by atoms with Crippen molar-refractivity contribution in [3.8, 4) is 0 Å². The average molecular weight is 196 g/mol. The first-order chi connectivity index (χ1) is 6.69. The van der Waals surface area contributed by atoms with Gasteiger partial charge in [-0.05, 0) is 19.3 Å². The van der Waals surface area contributed by atoms with E-state index in [2.05, 4.69) is 13.8 Å². The molecule has 1 aliphatic rings. The molecule has 0 spiro atoms. The highest BCUT2D eigenvalue weighted by Gasteiger charge is 2.34. The van der Waals surface area contributed by atoms with Crippen molar-refractivity contribution < 1.29 is 4.79 Å². The van der Waals surface area contributed by atoms with Gasteiger partial charge in [0.05, 0.1) is 0 Å². The Morgan fingerprint density at radius 2 is 1.79 bits per heavy atom. The van der Waals surface area contributed by atoms with E-state index in [-0.39, 0.29) is 5.41 Å². The summed E-state index contributed by atoms with van der Waals surface area (Å²) in [4.78, 5) is 11.9. The molecule has 0 saturated heterocycles. The molecule has 1 saturated carbocycles. The van der Waals surface area contributed by atoms with E-state index in [1.165, 1.54) is 32.1 Å². The second kappa shape index (κ2) is 5.53. The number of hydrogen-bond acceptors (Lipinski definition) is 1. The van der Waals surface area contributed by atoms with E-state index < -0.39 is 0 Å². The fourth-order valence-electron chi connectivity index (χ4n) is 2.45. The van der Waals surface area contributed by atoms with Crippen molar-refractivity contribution in [1.29, 1.82) is 0 Å². The number of Topliss-reactive ketones (excluding diaryl/α,β-unsaturated/α-hetero) is 1. The summed E-state index contributed by atoms with van der Waals surface area (Å²) in [5.41, 5.74) is 0.0617. The number of unbranched alkanes of at least 4 members (excludes halogenated alkanes) is 3. The molecule has 1 heteroatoms. The van der Waals surface area contributed by atoms with Crippen LogP contribution in [-0.2, 0) is 4.79 Å². The van der Waals surface area contributed by atoms with Gasteiger partial charge in [0.25, 0.3) is 0 Å². The largest absolute Gasteiger partial charge is 0.299 e. The molecule has 0 radical (unpaired) electrons. The minimum atomic E-state index is 0.0617. The standard InChI is InChI=1S/C13H24O/c1-3-4-5-6-9-12(14)13(2)10-7-8-11-13/h3-11H2,1-2H3. The molecule has 0 aromatic rings. The monoisotopic (exact) mass is 196 g/mol. The van der Waals surface area contributed by atoms with Crippen molar-refractivity contribution in [3.63, 3.8) is 0 Å². The number of carbonyl (C=O) groups is 1. The number of rotatable bonds is 6. The Morgan fingerprint density at radius 3 is 2.36 bits per heavy atom. The third-order valence-corrected chi connectivity index (χ3v) is 3.64. The van der Waals surface area contributed by atoms with E-state index in [9.17, 15) is 4.79 Å². The summed E-state index contributed by atoms with van der Waals surface area (Å²) in [6.45, 7) is 4.38. The zero-order chi connectivity index (χ0) is 10.4. The number of ketones is 1. The van der Waals surface area contributed by atoms with Crippen LogP contribution in [0.1, 0.15) is 71.6 Å². The highest BCUT2D eigenvalue weighted by Crippen LogP contribution is 2.39. The minimum Gasteiger partial charge on any atom is -0.299 e. The van der Waals surface area contributed by atoms with Gasteiger partial charge in [0, 0.05) is 11.8 Å². The Kier molecular flexibility index (Phi) is 4.64. The van der Waals surface area contributed by atoms with Crippen molar-refractivity contribution in [2.24, 2.45) is 5.41 Å². The van der Waals surface area contributed by atoms with Gasteiger partial charge in [-0.3, -0.25) is 4.79 Å². The fraction of sp³-hybridized carbons (Fsp3) is 0.923. The lowest BCUT2D eigenvalue weighted by atomic mass is 9.82. The normalized spacial score (nSPS) is 19.9. The zero-order valence-corrected chi connectivity index (χ0v) is 9.77. The first kappa shape index (κ1) is 11.7. The first-order valence-electron chi connectivity index (χ1n) is 6.22. The minimum absolute atomic E-state index is 0.0617. The van der Waals surface area contributed by atoms with Gasteiger partial charge in [0.15, 0.2) is 0 Å². The zero-order valence-electron chi connectivity index (χ0n) is 9.77. The lowest BCUT2D eigenvalue weighted by molar-refractivity contribution is -0.127. The summed E-state index contributed by atoms with van der Waals surface area (Å²) in [7, 11) is 0. The molecule has 1 aliphatic carbocycles. The molecular formula is C13H24O. The topological polar surface area (TPSA) is 17.1 Å². The van der Waals surface area contributed by atoms with Gasteiger partial charge in [-0.25, -0.2) is 0 Å². The van der Waals surface area contributed by atoms with E-state index in [1.807, 2.05) is 0 Å². The summed E-state index contributed by atoms with van der Waals surface area (Å²) in [5.74, 6) is 0.533. The van der Waals surface area contributed by atoms with Crippen LogP contribution in [-0.4, -0.2) is 5.78 Å². The third kappa shape index (κ3) is 3.11. The van der Waals surface area contributed by atoms with Gasteiger partial charge in [-0.15, -0.1) is 0 Å². The molecular weight excluding hydrogens is 172 g/mol. The van der Waals surface area contributed by atoms with Crippen LogP contribution in [0.2, 0.25) is 0 Å². The van der Waals surface area contributed by atoms with Crippen LogP contribution in [0.3, 0.4) is 0 Å². The molecule has 1 nitrogen and oxygen atoms in total. The highest BCUT2D eigenvalue weighted by molar-refractivity contribution is 5.84. The third-order valence-electron chi connectivity index (χ3n) is 3.64. The quantitative estimate of drug-likeness (QED) is 0.584. The molecule has 0 amide bonds. The molecule has 0 atom stereocenters. The van der Waals surface area contributed by atoms with Crippen molar-refractivity contribution in [2.75, 3.05) is 0 Å². The maximum absolute atomic E-state index is 11.9. The molecule has 0 aliphatic heterocycles. The summed E-state index contributed by atoms with van der Waals surface area (Å²) in [6, 6.07) is 0. The van der Waals surface area contributed by atoms with E-state index in [0.717, 1.165) is 25.7 Å². The maximum Gasteiger partial charge on any atom is 0.138 e. The fourth-order valence-corrected chi connectivity index (χ4v) is 2.45. The molecule has 82 valence electrons. The van der Waals surface area contributed by atoms with E-state index in [4.69, 9.17) is 0 Å². The Labute approximate surface area is 88.3 Å². The molecule has 0 aromatic carbocycles.